The minimum atomic E-state index is -4.41. The number of thiophene rings is 1. The van der Waals surface area contributed by atoms with Crippen molar-refractivity contribution in [1.82, 2.24) is 0 Å². The highest BCUT2D eigenvalue weighted by Gasteiger charge is 2.33. The van der Waals surface area contributed by atoms with Crippen molar-refractivity contribution in [2.45, 2.75) is 12.6 Å². The molecule has 0 aliphatic rings. The molecule has 0 fully saturated rings. The average molecular weight is 306 g/mol. The number of hydrogen-bond donors (Lipinski definition) is 1. The van der Waals surface area contributed by atoms with Crippen LogP contribution in [0.5, 0.6) is 0 Å². The highest BCUT2D eigenvalue weighted by atomic mass is 35.5. The maximum absolute atomic E-state index is 12.8. The summed E-state index contributed by atoms with van der Waals surface area (Å²) >= 11 is 7.20. The van der Waals surface area contributed by atoms with Crippen molar-refractivity contribution in [1.29, 1.82) is 0 Å². The van der Waals surface area contributed by atoms with E-state index >= 15 is 0 Å². The van der Waals surface area contributed by atoms with E-state index in [1.165, 1.54) is 12.1 Å². The van der Waals surface area contributed by atoms with Crippen molar-refractivity contribution in [3.8, 4) is 0 Å². The zero-order valence-corrected chi connectivity index (χ0v) is 11.4. The monoisotopic (exact) mass is 305 g/mol. The first kappa shape index (κ1) is 14.2. The molecule has 102 valence electrons. The van der Waals surface area contributed by atoms with E-state index in [0.29, 0.717) is 13.0 Å². The largest absolute Gasteiger partial charge is 0.418 e. The second kappa shape index (κ2) is 5.84. The van der Waals surface area contributed by atoms with E-state index in [9.17, 15) is 13.2 Å². The van der Waals surface area contributed by atoms with Gasteiger partial charge in [0.2, 0.25) is 0 Å². The molecule has 0 unspecified atom stereocenters. The number of nitrogens with one attached hydrogen (secondary N) is 1. The molecule has 0 saturated heterocycles. The Morgan fingerprint density at radius 1 is 1.21 bits per heavy atom. The molecule has 1 aromatic carbocycles. The molecule has 1 aromatic heterocycles. The molecule has 2 aromatic rings. The second-order valence-corrected chi connectivity index (χ2v) is 5.41. The molecule has 6 heteroatoms. The third-order valence-electron chi connectivity index (χ3n) is 2.55. The van der Waals surface area contributed by atoms with E-state index in [0.717, 1.165) is 10.9 Å². The van der Waals surface area contributed by atoms with Gasteiger partial charge in [0.05, 0.1) is 5.56 Å². The van der Waals surface area contributed by atoms with Gasteiger partial charge < -0.3 is 5.32 Å². The fraction of sp³-hybridized carbons (Fsp3) is 0.231. The Morgan fingerprint density at radius 2 is 2.00 bits per heavy atom. The summed E-state index contributed by atoms with van der Waals surface area (Å²) in [6.45, 7) is 0.450. The number of hydrogen-bond acceptors (Lipinski definition) is 2. The highest BCUT2D eigenvalue weighted by molar-refractivity contribution is 7.09. The van der Waals surface area contributed by atoms with Crippen LogP contribution in [0.1, 0.15) is 10.4 Å². The number of anilines is 1. The van der Waals surface area contributed by atoms with E-state index in [2.05, 4.69) is 5.32 Å². The maximum atomic E-state index is 12.8. The van der Waals surface area contributed by atoms with E-state index < -0.39 is 11.7 Å². The standard InChI is InChI=1S/C13H11ClF3NS/c14-9-3-4-12(11(8-9)13(15,16)17)18-6-5-10-2-1-7-19-10/h1-4,7-8,18H,5-6H2. The number of alkyl halides is 3. The van der Waals surface area contributed by atoms with Crippen LogP contribution in [0.15, 0.2) is 35.7 Å². The summed E-state index contributed by atoms with van der Waals surface area (Å²) < 4.78 is 38.5. The molecule has 0 saturated carbocycles. The lowest BCUT2D eigenvalue weighted by Gasteiger charge is -2.14. The summed E-state index contributed by atoms with van der Waals surface area (Å²) in [6, 6.07) is 7.63. The van der Waals surface area contributed by atoms with Gasteiger partial charge in [-0.25, -0.2) is 0 Å². The van der Waals surface area contributed by atoms with E-state index in [1.807, 2.05) is 17.5 Å². The van der Waals surface area contributed by atoms with Crippen molar-refractivity contribution < 1.29 is 13.2 Å². The smallest absolute Gasteiger partial charge is 0.384 e. The Kier molecular flexibility index (Phi) is 4.37. The zero-order chi connectivity index (χ0) is 13.9. The molecule has 1 N–H and O–H groups in total. The molecule has 1 heterocycles. The van der Waals surface area contributed by atoms with Gasteiger partial charge in [-0.3, -0.25) is 0 Å². The summed E-state index contributed by atoms with van der Waals surface area (Å²) in [4.78, 5) is 1.13. The van der Waals surface area contributed by atoms with Gasteiger partial charge in [-0.2, -0.15) is 13.2 Å². The molecular weight excluding hydrogens is 295 g/mol. The number of halogens is 4. The van der Waals surface area contributed by atoms with Crippen LogP contribution in [-0.2, 0) is 12.6 Å². The van der Waals surface area contributed by atoms with Crippen molar-refractivity contribution in [2.24, 2.45) is 0 Å². The van der Waals surface area contributed by atoms with Crippen LogP contribution < -0.4 is 5.32 Å². The fourth-order valence-corrected chi connectivity index (χ4v) is 2.56. The van der Waals surface area contributed by atoms with Crippen LogP contribution in [0.3, 0.4) is 0 Å². The summed E-state index contributed by atoms with van der Waals surface area (Å²) in [5.41, 5.74) is -0.667. The van der Waals surface area contributed by atoms with Crippen LogP contribution in [-0.4, -0.2) is 6.54 Å². The zero-order valence-electron chi connectivity index (χ0n) is 9.80. The first-order chi connectivity index (χ1) is 8.97. The molecule has 1 nitrogen and oxygen atoms in total. The Labute approximate surface area is 118 Å². The number of rotatable bonds is 4. The average Bonchev–Trinajstić information content (AvgIpc) is 2.83. The third kappa shape index (κ3) is 3.88. The predicted molar refractivity (Wildman–Crippen MR) is 73.0 cm³/mol. The summed E-state index contributed by atoms with van der Waals surface area (Å²) in [7, 11) is 0. The van der Waals surface area contributed by atoms with Crippen LogP contribution in [0, 0.1) is 0 Å². The molecule has 0 bridgehead atoms. The Morgan fingerprint density at radius 3 is 2.63 bits per heavy atom. The minimum Gasteiger partial charge on any atom is -0.384 e. The van der Waals surface area contributed by atoms with Gasteiger partial charge in [0, 0.05) is 22.1 Å². The normalized spacial score (nSPS) is 11.6. The fourth-order valence-electron chi connectivity index (χ4n) is 1.68. The molecule has 0 spiro atoms. The van der Waals surface area contributed by atoms with Gasteiger partial charge in [-0.1, -0.05) is 17.7 Å². The van der Waals surface area contributed by atoms with E-state index in [4.69, 9.17) is 11.6 Å². The van der Waals surface area contributed by atoms with Gasteiger partial charge in [0.25, 0.3) is 0 Å². The number of benzene rings is 1. The topological polar surface area (TPSA) is 12.0 Å². The first-order valence-electron chi connectivity index (χ1n) is 5.60. The Hall–Kier alpha value is -1.20. The molecular formula is C13H11ClF3NS. The molecule has 0 aliphatic heterocycles. The summed E-state index contributed by atoms with van der Waals surface area (Å²) in [6.07, 6.45) is -3.71. The third-order valence-corrected chi connectivity index (χ3v) is 3.73. The van der Waals surface area contributed by atoms with Gasteiger partial charge in [0.15, 0.2) is 0 Å². The van der Waals surface area contributed by atoms with E-state index in [1.54, 1.807) is 11.3 Å². The van der Waals surface area contributed by atoms with Crippen LogP contribution in [0.4, 0.5) is 18.9 Å². The van der Waals surface area contributed by atoms with E-state index in [-0.39, 0.29) is 10.7 Å². The van der Waals surface area contributed by atoms with Gasteiger partial charge in [-0.05, 0) is 36.1 Å². The van der Waals surface area contributed by atoms with Gasteiger partial charge >= 0.3 is 6.18 Å². The lowest BCUT2D eigenvalue weighted by Crippen LogP contribution is -2.12. The van der Waals surface area contributed by atoms with Crippen LogP contribution in [0.2, 0.25) is 5.02 Å². The molecule has 0 aliphatic carbocycles. The Bertz CT molecular complexity index is 537. The van der Waals surface area contributed by atoms with Crippen LogP contribution >= 0.6 is 22.9 Å². The van der Waals surface area contributed by atoms with Crippen LogP contribution in [0.25, 0.3) is 0 Å². The van der Waals surface area contributed by atoms with Gasteiger partial charge in [-0.15, -0.1) is 11.3 Å². The van der Waals surface area contributed by atoms with Crippen molar-refractivity contribution in [3.05, 3.63) is 51.2 Å². The lowest BCUT2D eigenvalue weighted by molar-refractivity contribution is -0.136. The first-order valence-corrected chi connectivity index (χ1v) is 6.85. The summed E-state index contributed by atoms with van der Waals surface area (Å²) in [5, 5.41) is 4.84. The highest BCUT2D eigenvalue weighted by Crippen LogP contribution is 2.36. The van der Waals surface area contributed by atoms with Crippen molar-refractivity contribution in [3.63, 3.8) is 0 Å². The maximum Gasteiger partial charge on any atom is 0.418 e. The second-order valence-electron chi connectivity index (χ2n) is 3.94. The quantitative estimate of drug-likeness (QED) is 0.831. The minimum absolute atomic E-state index is 0.0634. The lowest BCUT2D eigenvalue weighted by atomic mass is 10.1. The predicted octanol–water partition coefficient (Wildman–Crippen LogP) is 5.07. The SMILES string of the molecule is FC(F)(F)c1cc(Cl)ccc1NCCc1cccs1. The summed E-state index contributed by atoms with van der Waals surface area (Å²) in [5.74, 6) is 0. The molecule has 0 amide bonds. The molecule has 2 rings (SSSR count). The molecule has 19 heavy (non-hydrogen) atoms. The van der Waals surface area contributed by atoms with Crippen molar-refractivity contribution >= 4 is 28.6 Å². The molecule has 0 radical (unpaired) electrons. The van der Waals surface area contributed by atoms with Crippen molar-refractivity contribution in [2.75, 3.05) is 11.9 Å². The molecule has 0 atom stereocenters. The Balaban J connectivity index is 2.07. The van der Waals surface area contributed by atoms with Gasteiger partial charge in [0.1, 0.15) is 0 Å².